The third kappa shape index (κ3) is 3.80. The van der Waals surface area contributed by atoms with Gasteiger partial charge in [0.15, 0.2) is 0 Å². The van der Waals surface area contributed by atoms with E-state index in [0.29, 0.717) is 6.04 Å². The molecule has 1 N–H and O–H groups in total. The molecule has 0 saturated heterocycles. The Bertz CT molecular complexity index is 510. The van der Waals surface area contributed by atoms with Gasteiger partial charge in [0, 0.05) is 14.1 Å². The number of halogens is 2. The van der Waals surface area contributed by atoms with E-state index in [1.54, 1.807) is 0 Å². The van der Waals surface area contributed by atoms with E-state index in [2.05, 4.69) is 92.4 Å². The van der Waals surface area contributed by atoms with Gasteiger partial charge in [-0.05, 0) is 71.5 Å². The standard InChI is InChI=1S/C15H15BrIN/c1-18-15(12-3-2-4-13(16)10-12)9-11-5-7-14(17)8-6-11/h2-8,10,15,18H,9H2,1H3. The Morgan fingerprint density at radius 3 is 2.50 bits per heavy atom. The quantitative estimate of drug-likeness (QED) is 0.722. The monoisotopic (exact) mass is 415 g/mol. The smallest absolute Gasteiger partial charge is 0.0358 e. The van der Waals surface area contributed by atoms with Gasteiger partial charge in [-0.3, -0.25) is 0 Å². The first-order valence-corrected chi connectivity index (χ1v) is 7.73. The van der Waals surface area contributed by atoms with Crippen LogP contribution in [-0.4, -0.2) is 7.05 Å². The van der Waals surface area contributed by atoms with Crippen molar-refractivity contribution in [3.05, 3.63) is 67.7 Å². The molecule has 0 radical (unpaired) electrons. The first-order valence-electron chi connectivity index (χ1n) is 5.86. The number of nitrogens with one attached hydrogen (secondary N) is 1. The minimum atomic E-state index is 0.350. The van der Waals surface area contributed by atoms with Crippen molar-refractivity contribution in [2.75, 3.05) is 7.05 Å². The van der Waals surface area contributed by atoms with Crippen LogP contribution in [0.25, 0.3) is 0 Å². The third-order valence-corrected chi connectivity index (χ3v) is 4.17. The maximum atomic E-state index is 3.53. The molecule has 2 rings (SSSR count). The molecule has 0 aliphatic heterocycles. The summed E-state index contributed by atoms with van der Waals surface area (Å²) in [6, 6.07) is 17.5. The summed E-state index contributed by atoms with van der Waals surface area (Å²) in [6.07, 6.45) is 1.00. The fourth-order valence-electron chi connectivity index (χ4n) is 1.97. The van der Waals surface area contributed by atoms with Crippen molar-refractivity contribution in [2.45, 2.75) is 12.5 Å². The van der Waals surface area contributed by atoms with Crippen LogP contribution in [0, 0.1) is 3.57 Å². The van der Waals surface area contributed by atoms with Gasteiger partial charge in [-0.1, -0.05) is 40.2 Å². The van der Waals surface area contributed by atoms with Gasteiger partial charge in [0.25, 0.3) is 0 Å². The fraction of sp³-hybridized carbons (Fsp3) is 0.200. The largest absolute Gasteiger partial charge is 0.313 e. The number of hydrogen-bond donors (Lipinski definition) is 1. The second-order valence-corrected chi connectivity index (χ2v) is 6.39. The predicted molar refractivity (Wildman–Crippen MR) is 88.8 cm³/mol. The minimum Gasteiger partial charge on any atom is -0.313 e. The van der Waals surface area contributed by atoms with Crippen molar-refractivity contribution in [2.24, 2.45) is 0 Å². The van der Waals surface area contributed by atoms with Crippen LogP contribution in [0.1, 0.15) is 17.2 Å². The molecule has 0 amide bonds. The molecule has 2 aromatic carbocycles. The van der Waals surface area contributed by atoms with E-state index in [0.717, 1.165) is 10.9 Å². The van der Waals surface area contributed by atoms with E-state index in [1.807, 2.05) is 7.05 Å². The maximum absolute atomic E-state index is 3.53. The molecule has 0 spiro atoms. The van der Waals surface area contributed by atoms with Crippen LogP contribution < -0.4 is 5.32 Å². The third-order valence-electron chi connectivity index (χ3n) is 2.95. The fourth-order valence-corrected chi connectivity index (χ4v) is 2.74. The number of rotatable bonds is 4. The maximum Gasteiger partial charge on any atom is 0.0358 e. The molecule has 3 heteroatoms. The van der Waals surface area contributed by atoms with Crippen LogP contribution in [-0.2, 0) is 6.42 Å². The van der Waals surface area contributed by atoms with Gasteiger partial charge in [-0.2, -0.15) is 0 Å². The first-order chi connectivity index (χ1) is 8.69. The lowest BCUT2D eigenvalue weighted by molar-refractivity contribution is 0.592. The lowest BCUT2D eigenvalue weighted by atomic mass is 9.99. The molecule has 2 aromatic rings. The molecule has 0 fully saturated rings. The highest BCUT2D eigenvalue weighted by Gasteiger charge is 2.10. The van der Waals surface area contributed by atoms with Crippen LogP contribution in [0.4, 0.5) is 0 Å². The van der Waals surface area contributed by atoms with Crippen LogP contribution in [0.2, 0.25) is 0 Å². The molecule has 1 atom stereocenters. The second kappa shape index (κ2) is 6.68. The molecular formula is C15H15BrIN. The summed E-state index contributed by atoms with van der Waals surface area (Å²) in [6.45, 7) is 0. The van der Waals surface area contributed by atoms with E-state index in [4.69, 9.17) is 0 Å². The summed E-state index contributed by atoms with van der Waals surface area (Å²) in [5, 5.41) is 3.39. The molecule has 94 valence electrons. The van der Waals surface area contributed by atoms with E-state index in [-0.39, 0.29) is 0 Å². The lowest BCUT2D eigenvalue weighted by Crippen LogP contribution is -2.18. The van der Waals surface area contributed by atoms with Gasteiger partial charge in [0.2, 0.25) is 0 Å². The van der Waals surface area contributed by atoms with E-state index in [9.17, 15) is 0 Å². The average Bonchev–Trinajstić information content (AvgIpc) is 2.38. The Hall–Kier alpha value is -0.390. The van der Waals surface area contributed by atoms with Crippen molar-refractivity contribution >= 4 is 38.5 Å². The SMILES string of the molecule is CNC(Cc1ccc(I)cc1)c1cccc(Br)c1. The second-order valence-electron chi connectivity index (χ2n) is 4.23. The van der Waals surface area contributed by atoms with Gasteiger partial charge in [0.1, 0.15) is 0 Å². The van der Waals surface area contributed by atoms with Crippen molar-refractivity contribution in [3.63, 3.8) is 0 Å². The molecule has 0 aromatic heterocycles. The van der Waals surface area contributed by atoms with Crippen molar-refractivity contribution in [1.29, 1.82) is 0 Å². The highest BCUT2D eigenvalue weighted by atomic mass is 127. The van der Waals surface area contributed by atoms with E-state index < -0.39 is 0 Å². The highest BCUT2D eigenvalue weighted by molar-refractivity contribution is 14.1. The first kappa shape index (κ1) is 14.0. The topological polar surface area (TPSA) is 12.0 Å². The minimum absolute atomic E-state index is 0.350. The zero-order chi connectivity index (χ0) is 13.0. The molecule has 1 unspecified atom stereocenters. The van der Waals surface area contributed by atoms with Gasteiger partial charge >= 0.3 is 0 Å². The Labute approximate surface area is 130 Å². The number of likely N-dealkylation sites (N-methyl/N-ethyl adjacent to an activating group) is 1. The average molecular weight is 416 g/mol. The Kier molecular flexibility index (Phi) is 5.21. The predicted octanol–water partition coefficient (Wildman–Crippen LogP) is 4.56. The van der Waals surface area contributed by atoms with Crippen molar-refractivity contribution in [1.82, 2.24) is 5.32 Å². The van der Waals surface area contributed by atoms with Crippen LogP contribution >= 0.6 is 38.5 Å². The zero-order valence-corrected chi connectivity index (χ0v) is 13.9. The van der Waals surface area contributed by atoms with Crippen LogP contribution in [0.15, 0.2) is 53.0 Å². The molecule has 0 aliphatic rings. The van der Waals surface area contributed by atoms with Crippen LogP contribution in [0.3, 0.4) is 0 Å². The number of hydrogen-bond acceptors (Lipinski definition) is 1. The van der Waals surface area contributed by atoms with Gasteiger partial charge < -0.3 is 5.32 Å². The molecule has 0 saturated carbocycles. The van der Waals surface area contributed by atoms with Crippen molar-refractivity contribution in [3.8, 4) is 0 Å². The summed E-state index contributed by atoms with van der Waals surface area (Å²) < 4.78 is 2.41. The Morgan fingerprint density at radius 2 is 1.89 bits per heavy atom. The van der Waals surface area contributed by atoms with E-state index >= 15 is 0 Å². The summed E-state index contributed by atoms with van der Waals surface area (Å²) >= 11 is 5.86. The highest BCUT2D eigenvalue weighted by Crippen LogP contribution is 2.21. The van der Waals surface area contributed by atoms with Gasteiger partial charge in [-0.25, -0.2) is 0 Å². The zero-order valence-electron chi connectivity index (χ0n) is 10.2. The molecule has 0 bridgehead atoms. The van der Waals surface area contributed by atoms with Gasteiger partial charge in [0.05, 0.1) is 0 Å². The van der Waals surface area contributed by atoms with Crippen molar-refractivity contribution < 1.29 is 0 Å². The summed E-state index contributed by atoms with van der Waals surface area (Å²) in [5.74, 6) is 0. The van der Waals surface area contributed by atoms with E-state index in [1.165, 1.54) is 14.7 Å². The van der Waals surface area contributed by atoms with Crippen LogP contribution in [0.5, 0.6) is 0 Å². The molecule has 18 heavy (non-hydrogen) atoms. The summed E-state index contributed by atoms with van der Waals surface area (Å²) in [4.78, 5) is 0. The molecule has 0 aliphatic carbocycles. The summed E-state index contributed by atoms with van der Waals surface area (Å²) in [5.41, 5.74) is 2.67. The molecule has 0 heterocycles. The normalized spacial score (nSPS) is 12.4. The Morgan fingerprint density at radius 1 is 1.17 bits per heavy atom. The molecule has 1 nitrogen and oxygen atoms in total. The lowest BCUT2D eigenvalue weighted by Gasteiger charge is -2.17. The van der Waals surface area contributed by atoms with Gasteiger partial charge in [-0.15, -0.1) is 0 Å². The number of benzene rings is 2. The molecular weight excluding hydrogens is 401 g/mol. The Balaban J connectivity index is 2.17. The summed E-state index contributed by atoms with van der Waals surface area (Å²) in [7, 11) is 2.01.